The van der Waals surface area contributed by atoms with E-state index in [0.717, 1.165) is 22.2 Å². The Balaban J connectivity index is 2.42. The van der Waals surface area contributed by atoms with Gasteiger partial charge in [0.1, 0.15) is 12.4 Å². The minimum Gasteiger partial charge on any atom is -0.490 e. The van der Waals surface area contributed by atoms with E-state index in [2.05, 4.69) is 0 Å². The van der Waals surface area contributed by atoms with Crippen LogP contribution < -0.4 is 10.5 Å². The van der Waals surface area contributed by atoms with Crippen molar-refractivity contribution in [3.8, 4) is 5.75 Å². The fraction of sp³-hybridized carbons (Fsp3) is 0.231. The fourth-order valence-electron chi connectivity index (χ4n) is 1.63. The van der Waals surface area contributed by atoms with E-state index in [-0.39, 0.29) is 6.61 Å². The SMILES string of the molecule is CC(O)COc1ccc(N)c2ccccc12. The molecule has 0 heterocycles. The lowest BCUT2D eigenvalue weighted by molar-refractivity contribution is 0.123. The van der Waals surface area contributed by atoms with Gasteiger partial charge in [0.05, 0.1) is 6.10 Å². The van der Waals surface area contributed by atoms with Crippen LogP contribution in [0.3, 0.4) is 0 Å². The van der Waals surface area contributed by atoms with Gasteiger partial charge in [-0.15, -0.1) is 0 Å². The second-order valence-corrected chi connectivity index (χ2v) is 3.86. The van der Waals surface area contributed by atoms with Gasteiger partial charge < -0.3 is 15.6 Å². The first-order valence-corrected chi connectivity index (χ1v) is 5.26. The molecule has 2 rings (SSSR count). The molecule has 2 aromatic rings. The first-order valence-electron chi connectivity index (χ1n) is 5.26. The number of aliphatic hydroxyl groups is 1. The summed E-state index contributed by atoms with van der Waals surface area (Å²) >= 11 is 0. The Morgan fingerprint density at radius 2 is 1.88 bits per heavy atom. The van der Waals surface area contributed by atoms with E-state index in [4.69, 9.17) is 10.5 Å². The Morgan fingerprint density at radius 3 is 2.56 bits per heavy atom. The predicted octanol–water partition coefficient (Wildman–Crippen LogP) is 2.18. The zero-order chi connectivity index (χ0) is 11.5. The molecule has 2 aromatic carbocycles. The van der Waals surface area contributed by atoms with E-state index in [1.807, 2.05) is 36.4 Å². The van der Waals surface area contributed by atoms with E-state index in [0.29, 0.717) is 0 Å². The lowest BCUT2D eigenvalue weighted by Crippen LogP contribution is -2.12. The zero-order valence-electron chi connectivity index (χ0n) is 9.18. The van der Waals surface area contributed by atoms with Gasteiger partial charge in [-0.3, -0.25) is 0 Å². The summed E-state index contributed by atoms with van der Waals surface area (Å²) in [5.41, 5.74) is 6.61. The standard InChI is InChI=1S/C13H15NO2/c1-9(15)8-16-13-7-6-12(14)10-4-2-3-5-11(10)13/h2-7,9,15H,8,14H2,1H3. The number of benzene rings is 2. The molecule has 0 fully saturated rings. The van der Waals surface area contributed by atoms with Gasteiger partial charge in [-0.2, -0.15) is 0 Å². The fourth-order valence-corrected chi connectivity index (χ4v) is 1.63. The molecule has 3 N–H and O–H groups in total. The van der Waals surface area contributed by atoms with Crippen LogP contribution in [0.1, 0.15) is 6.92 Å². The molecule has 3 heteroatoms. The number of aliphatic hydroxyl groups excluding tert-OH is 1. The van der Waals surface area contributed by atoms with Gasteiger partial charge in [-0.05, 0) is 19.1 Å². The van der Waals surface area contributed by atoms with Crippen molar-refractivity contribution in [1.82, 2.24) is 0 Å². The summed E-state index contributed by atoms with van der Waals surface area (Å²) in [6.45, 7) is 1.98. The highest BCUT2D eigenvalue weighted by Gasteiger charge is 2.05. The van der Waals surface area contributed by atoms with Crippen LogP contribution in [0.4, 0.5) is 5.69 Å². The molecule has 16 heavy (non-hydrogen) atoms. The molecule has 0 saturated carbocycles. The number of anilines is 1. The van der Waals surface area contributed by atoms with Crippen LogP contribution in [0.5, 0.6) is 5.75 Å². The molecule has 0 aliphatic heterocycles. The number of hydrogen-bond donors (Lipinski definition) is 2. The Bertz CT molecular complexity index is 494. The molecule has 0 aliphatic carbocycles. The summed E-state index contributed by atoms with van der Waals surface area (Å²) in [5.74, 6) is 0.755. The Morgan fingerprint density at radius 1 is 1.19 bits per heavy atom. The van der Waals surface area contributed by atoms with Gasteiger partial charge in [0.25, 0.3) is 0 Å². The van der Waals surface area contributed by atoms with E-state index < -0.39 is 6.10 Å². The van der Waals surface area contributed by atoms with Crippen LogP contribution in [0.15, 0.2) is 36.4 Å². The monoisotopic (exact) mass is 217 g/mol. The van der Waals surface area contributed by atoms with Gasteiger partial charge >= 0.3 is 0 Å². The van der Waals surface area contributed by atoms with E-state index >= 15 is 0 Å². The topological polar surface area (TPSA) is 55.5 Å². The number of ether oxygens (including phenoxy) is 1. The van der Waals surface area contributed by atoms with Gasteiger partial charge in [0.2, 0.25) is 0 Å². The largest absolute Gasteiger partial charge is 0.490 e. The molecule has 0 saturated heterocycles. The Kier molecular flexibility index (Phi) is 2.97. The summed E-state index contributed by atoms with van der Waals surface area (Å²) in [6, 6.07) is 11.5. The maximum absolute atomic E-state index is 9.19. The maximum atomic E-state index is 9.19. The van der Waals surface area contributed by atoms with Crippen molar-refractivity contribution >= 4 is 16.5 Å². The van der Waals surface area contributed by atoms with Crippen LogP contribution >= 0.6 is 0 Å². The van der Waals surface area contributed by atoms with Gasteiger partial charge in [-0.1, -0.05) is 24.3 Å². The van der Waals surface area contributed by atoms with Crippen LogP contribution in [0.2, 0.25) is 0 Å². The molecule has 0 aliphatic rings. The predicted molar refractivity (Wildman–Crippen MR) is 65.5 cm³/mol. The lowest BCUT2D eigenvalue weighted by atomic mass is 10.1. The van der Waals surface area contributed by atoms with E-state index in [1.165, 1.54) is 0 Å². The number of fused-ring (bicyclic) bond motifs is 1. The first-order chi connectivity index (χ1) is 7.68. The number of nitrogen functional groups attached to an aromatic ring is 1. The van der Waals surface area contributed by atoms with E-state index in [9.17, 15) is 5.11 Å². The van der Waals surface area contributed by atoms with Crippen LogP contribution in [-0.2, 0) is 0 Å². The quantitative estimate of drug-likeness (QED) is 0.775. The average Bonchev–Trinajstić information content (AvgIpc) is 2.28. The second-order valence-electron chi connectivity index (χ2n) is 3.86. The first kappa shape index (κ1) is 10.8. The number of hydrogen-bond acceptors (Lipinski definition) is 3. The summed E-state index contributed by atoms with van der Waals surface area (Å²) in [7, 11) is 0. The third kappa shape index (κ3) is 2.09. The number of nitrogens with two attached hydrogens (primary N) is 1. The van der Waals surface area contributed by atoms with Crippen molar-refractivity contribution in [1.29, 1.82) is 0 Å². The highest BCUT2D eigenvalue weighted by atomic mass is 16.5. The van der Waals surface area contributed by atoms with Crippen molar-refractivity contribution in [3.63, 3.8) is 0 Å². The van der Waals surface area contributed by atoms with Crippen molar-refractivity contribution in [2.75, 3.05) is 12.3 Å². The van der Waals surface area contributed by atoms with Gasteiger partial charge in [-0.25, -0.2) is 0 Å². The normalized spacial score (nSPS) is 12.6. The molecule has 0 amide bonds. The van der Waals surface area contributed by atoms with Crippen LogP contribution in [0.25, 0.3) is 10.8 Å². The lowest BCUT2D eigenvalue weighted by Gasteiger charge is -2.11. The van der Waals surface area contributed by atoms with Crippen molar-refractivity contribution in [2.24, 2.45) is 0 Å². The van der Waals surface area contributed by atoms with Gasteiger partial charge in [0, 0.05) is 16.5 Å². The molecule has 0 aromatic heterocycles. The summed E-state index contributed by atoms with van der Waals surface area (Å²) in [5, 5.41) is 11.1. The molecule has 0 radical (unpaired) electrons. The molecule has 0 spiro atoms. The Labute approximate surface area is 94.5 Å². The molecule has 1 unspecified atom stereocenters. The average molecular weight is 217 g/mol. The molecule has 1 atom stereocenters. The third-order valence-corrected chi connectivity index (χ3v) is 2.40. The molecular formula is C13H15NO2. The highest BCUT2D eigenvalue weighted by molar-refractivity contribution is 5.96. The summed E-state index contributed by atoms with van der Waals surface area (Å²) in [6.07, 6.45) is -0.476. The second kappa shape index (κ2) is 4.41. The van der Waals surface area contributed by atoms with E-state index in [1.54, 1.807) is 6.92 Å². The smallest absolute Gasteiger partial charge is 0.127 e. The van der Waals surface area contributed by atoms with Crippen molar-refractivity contribution < 1.29 is 9.84 Å². The zero-order valence-corrected chi connectivity index (χ0v) is 9.18. The van der Waals surface area contributed by atoms with Crippen LogP contribution in [-0.4, -0.2) is 17.8 Å². The minimum atomic E-state index is -0.476. The third-order valence-electron chi connectivity index (χ3n) is 2.40. The van der Waals surface area contributed by atoms with Crippen molar-refractivity contribution in [3.05, 3.63) is 36.4 Å². The van der Waals surface area contributed by atoms with Crippen molar-refractivity contribution in [2.45, 2.75) is 13.0 Å². The molecule has 84 valence electrons. The summed E-state index contributed by atoms with van der Waals surface area (Å²) in [4.78, 5) is 0. The maximum Gasteiger partial charge on any atom is 0.127 e. The molecule has 0 bridgehead atoms. The molecule has 3 nitrogen and oxygen atoms in total. The highest BCUT2D eigenvalue weighted by Crippen LogP contribution is 2.29. The summed E-state index contributed by atoms with van der Waals surface area (Å²) < 4.78 is 5.53. The molecular weight excluding hydrogens is 202 g/mol. The minimum absolute atomic E-state index is 0.286. The number of rotatable bonds is 3. The van der Waals surface area contributed by atoms with Crippen LogP contribution in [0, 0.1) is 0 Å². The Hall–Kier alpha value is -1.74. The van der Waals surface area contributed by atoms with Gasteiger partial charge in [0.15, 0.2) is 0 Å².